The summed E-state index contributed by atoms with van der Waals surface area (Å²) in [4.78, 5) is 0. The van der Waals surface area contributed by atoms with Crippen LogP contribution in [0.4, 0.5) is 0 Å². The summed E-state index contributed by atoms with van der Waals surface area (Å²) in [5.74, 6) is 0.294. The summed E-state index contributed by atoms with van der Waals surface area (Å²) in [5, 5.41) is 9.25. The normalized spacial score (nSPS) is 35.4. The van der Waals surface area contributed by atoms with Gasteiger partial charge in [-0.05, 0) is 39.0 Å². The summed E-state index contributed by atoms with van der Waals surface area (Å²) < 4.78 is 23.1. The molecule has 0 aromatic heterocycles. The zero-order chi connectivity index (χ0) is 11.3. The highest BCUT2D eigenvalue weighted by Crippen LogP contribution is 2.56. The summed E-state index contributed by atoms with van der Waals surface area (Å²) in [5.41, 5.74) is -0.340. The Morgan fingerprint density at radius 3 is 2.20 bits per heavy atom. The van der Waals surface area contributed by atoms with Crippen molar-refractivity contribution in [1.82, 2.24) is 0 Å². The molecule has 0 N–H and O–H groups in total. The lowest BCUT2D eigenvalue weighted by Crippen LogP contribution is -2.46. The molecule has 2 rings (SSSR count). The van der Waals surface area contributed by atoms with Gasteiger partial charge in [-0.25, -0.2) is 8.42 Å². The number of sulfone groups is 1. The van der Waals surface area contributed by atoms with Gasteiger partial charge in [-0.2, -0.15) is 5.26 Å². The predicted molar refractivity (Wildman–Crippen MR) is 57.9 cm³/mol. The van der Waals surface area contributed by atoms with Gasteiger partial charge >= 0.3 is 0 Å². The standard InChI is InChI=1S/C11H17NO2S/c1-10(2)9(4-7-15(10,13)14)11(8-12)5-3-6-11/h9H,3-7H2,1-2H3. The smallest absolute Gasteiger partial charge is 0.155 e. The Balaban J connectivity index is 2.38. The van der Waals surface area contributed by atoms with E-state index in [9.17, 15) is 13.7 Å². The third kappa shape index (κ3) is 1.25. The van der Waals surface area contributed by atoms with E-state index in [0.717, 1.165) is 19.3 Å². The van der Waals surface area contributed by atoms with Gasteiger partial charge in [0.2, 0.25) is 0 Å². The average Bonchev–Trinajstić information content (AvgIpc) is 2.26. The molecule has 15 heavy (non-hydrogen) atoms. The van der Waals surface area contributed by atoms with Gasteiger partial charge in [0.25, 0.3) is 0 Å². The van der Waals surface area contributed by atoms with Crippen molar-refractivity contribution in [1.29, 1.82) is 5.26 Å². The van der Waals surface area contributed by atoms with Crippen LogP contribution in [0.15, 0.2) is 0 Å². The van der Waals surface area contributed by atoms with Crippen molar-refractivity contribution >= 4 is 9.84 Å². The van der Waals surface area contributed by atoms with Crippen LogP contribution in [0, 0.1) is 22.7 Å². The Kier molecular flexibility index (Phi) is 2.17. The van der Waals surface area contributed by atoms with E-state index < -0.39 is 14.6 Å². The molecule has 1 heterocycles. The average molecular weight is 227 g/mol. The number of hydrogen-bond donors (Lipinski definition) is 0. The maximum absolute atomic E-state index is 11.9. The molecule has 2 fully saturated rings. The predicted octanol–water partition coefficient (Wildman–Crippen LogP) is 1.89. The SMILES string of the molecule is CC1(C)C(C2(C#N)CCC2)CCS1(=O)=O. The van der Waals surface area contributed by atoms with Gasteiger partial charge in [0.1, 0.15) is 0 Å². The number of hydrogen-bond acceptors (Lipinski definition) is 3. The molecule has 1 saturated heterocycles. The summed E-state index contributed by atoms with van der Waals surface area (Å²) in [6.45, 7) is 3.58. The van der Waals surface area contributed by atoms with E-state index >= 15 is 0 Å². The molecule has 1 unspecified atom stereocenters. The van der Waals surface area contributed by atoms with Crippen LogP contribution in [0.25, 0.3) is 0 Å². The fourth-order valence-corrected chi connectivity index (χ4v) is 4.99. The second-order valence-electron chi connectivity index (χ2n) is 5.39. The highest BCUT2D eigenvalue weighted by Gasteiger charge is 2.58. The summed E-state index contributed by atoms with van der Waals surface area (Å²) in [7, 11) is -2.99. The van der Waals surface area contributed by atoms with Gasteiger partial charge in [-0.3, -0.25) is 0 Å². The molecule has 1 aliphatic heterocycles. The van der Waals surface area contributed by atoms with Crippen LogP contribution in [-0.2, 0) is 9.84 Å². The molecule has 0 aromatic carbocycles. The molecular formula is C11H17NO2S. The van der Waals surface area contributed by atoms with Crippen LogP contribution < -0.4 is 0 Å². The quantitative estimate of drug-likeness (QED) is 0.687. The van der Waals surface area contributed by atoms with Crippen molar-refractivity contribution in [3.63, 3.8) is 0 Å². The Bertz CT molecular complexity index is 412. The molecule has 0 radical (unpaired) electrons. The van der Waals surface area contributed by atoms with E-state index in [-0.39, 0.29) is 17.1 Å². The lowest BCUT2D eigenvalue weighted by molar-refractivity contribution is 0.0965. The van der Waals surface area contributed by atoms with E-state index in [1.54, 1.807) is 13.8 Å². The Hall–Kier alpha value is -0.560. The molecule has 84 valence electrons. The first-order valence-corrected chi connectivity index (χ1v) is 7.14. The monoisotopic (exact) mass is 227 g/mol. The van der Waals surface area contributed by atoms with Crippen LogP contribution in [0.2, 0.25) is 0 Å². The first-order valence-electron chi connectivity index (χ1n) is 5.49. The minimum absolute atomic E-state index is 0.0359. The van der Waals surface area contributed by atoms with E-state index in [1.165, 1.54) is 0 Å². The topological polar surface area (TPSA) is 57.9 Å². The maximum atomic E-state index is 11.9. The minimum atomic E-state index is -2.99. The van der Waals surface area contributed by atoms with E-state index in [4.69, 9.17) is 0 Å². The third-order valence-electron chi connectivity index (χ3n) is 4.45. The summed E-state index contributed by atoms with van der Waals surface area (Å²) in [6, 6.07) is 2.39. The molecule has 0 amide bonds. The molecule has 1 saturated carbocycles. The van der Waals surface area contributed by atoms with E-state index in [1.807, 2.05) is 0 Å². The van der Waals surface area contributed by atoms with Crippen LogP contribution in [-0.4, -0.2) is 18.9 Å². The maximum Gasteiger partial charge on any atom is 0.155 e. The lowest BCUT2D eigenvalue weighted by atomic mass is 9.58. The number of nitrogens with zero attached hydrogens (tertiary/aromatic N) is 1. The highest BCUT2D eigenvalue weighted by atomic mass is 32.2. The van der Waals surface area contributed by atoms with Crippen molar-refractivity contribution < 1.29 is 8.42 Å². The number of nitriles is 1. The second kappa shape index (κ2) is 2.98. The van der Waals surface area contributed by atoms with Gasteiger partial charge in [0, 0.05) is 0 Å². The van der Waals surface area contributed by atoms with Crippen molar-refractivity contribution in [2.45, 2.75) is 44.3 Å². The molecule has 0 spiro atoms. The van der Waals surface area contributed by atoms with Gasteiger partial charge in [0.05, 0.1) is 22.0 Å². The van der Waals surface area contributed by atoms with Crippen molar-refractivity contribution in [3.8, 4) is 6.07 Å². The van der Waals surface area contributed by atoms with Crippen LogP contribution in [0.1, 0.15) is 39.5 Å². The Labute approximate surface area is 91.4 Å². The summed E-state index contributed by atoms with van der Waals surface area (Å²) in [6.07, 6.45) is 3.50. The van der Waals surface area contributed by atoms with Gasteiger partial charge in [0.15, 0.2) is 9.84 Å². The molecule has 2 aliphatic rings. The van der Waals surface area contributed by atoms with Crippen molar-refractivity contribution in [2.75, 3.05) is 5.75 Å². The van der Waals surface area contributed by atoms with Gasteiger partial charge in [-0.1, -0.05) is 6.42 Å². The fraction of sp³-hybridized carbons (Fsp3) is 0.909. The molecule has 1 aliphatic carbocycles. The zero-order valence-electron chi connectivity index (χ0n) is 9.28. The second-order valence-corrected chi connectivity index (χ2v) is 8.08. The Morgan fingerprint density at radius 2 is 1.93 bits per heavy atom. The van der Waals surface area contributed by atoms with Crippen LogP contribution >= 0.6 is 0 Å². The molecule has 4 heteroatoms. The lowest BCUT2D eigenvalue weighted by Gasteiger charge is -2.45. The molecule has 3 nitrogen and oxygen atoms in total. The van der Waals surface area contributed by atoms with Crippen molar-refractivity contribution in [3.05, 3.63) is 0 Å². The number of rotatable bonds is 1. The fourth-order valence-electron chi connectivity index (χ4n) is 3.14. The zero-order valence-corrected chi connectivity index (χ0v) is 10.1. The largest absolute Gasteiger partial charge is 0.228 e. The third-order valence-corrected chi connectivity index (χ3v) is 7.11. The van der Waals surface area contributed by atoms with Gasteiger partial charge < -0.3 is 0 Å². The Morgan fingerprint density at radius 1 is 1.33 bits per heavy atom. The van der Waals surface area contributed by atoms with Crippen molar-refractivity contribution in [2.24, 2.45) is 11.3 Å². The van der Waals surface area contributed by atoms with E-state index in [0.29, 0.717) is 6.42 Å². The highest BCUT2D eigenvalue weighted by molar-refractivity contribution is 7.93. The van der Waals surface area contributed by atoms with Gasteiger partial charge in [-0.15, -0.1) is 0 Å². The molecular weight excluding hydrogens is 210 g/mol. The summed E-state index contributed by atoms with van der Waals surface area (Å²) >= 11 is 0. The molecule has 0 bridgehead atoms. The van der Waals surface area contributed by atoms with Crippen LogP contribution in [0.5, 0.6) is 0 Å². The minimum Gasteiger partial charge on any atom is -0.228 e. The molecule has 1 atom stereocenters. The first kappa shape index (κ1) is 10.9. The van der Waals surface area contributed by atoms with Crippen LogP contribution in [0.3, 0.4) is 0 Å². The molecule has 0 aromatic rings. The van der Waals surface area contributed by atoms with E-state index in [2.05, 4.69) is 6.07 Å². The first-order chi connectivity index (χ1) is 6.86.